The summed E-state index contributed by atoms with van der Waals surface area (Å²) in [6.45, 7) is 1.93. The first-order chi connectivity index (χ1) is 12.9. The number of carbonyl (C=O) groups excluding carboxylic acids is 1. The van der Waals surface area contributed by atoms with Crippen LogP contribution in [0.3, 0.4) is 0 Å². The summed E-state index contributed by atoms with van der Waals surface area (Å²) < 4.78 is 35.0. The van der Waals surface area contributed by atoms with Gasteiger partial charge >= 0.3 is 0 Å². The number of carbonyl (C=O) groups is 1. The van der Waals surface area contributed by atoms with E-state index >= 15 is 0 Å². The zero-order chi connectivity index (χ0) is 19.4. The lowest BCUT2D eigenvalue weighted by Crippen LogP contribution is -2.46. The molecule has 0 unspecified atom stereocenters. The van der Waals surface area contributed by atoms with Gasteiger partial charge in [0, 0.05) is 38.9 Å². The first kappa shape index (κ1) is 19.0. The summed E-state index contributed by atoms with van der Waals surface area (Å²) in [4.78, 5) is 14.1. The van der Waals surface area contributed by atoms with Crippen molar-refractivity contribution in [3.63, 3.8) is 0 Å². The van der Waals surface area contributed by atoms with Crippen molar-refractivity contribution in [1.82, 2.24) is 14.5 Å². The van der Waals surface area contributed by atoms with Crippen molar-refractivity contribution in [3.05, 3.63) is 35.5 Å². The second kappa shape index (κ2) is 7.85. The molecule has 2 aliphatic rings. The van der Waals surface area contributed by atoms with Crippen LogP contribution in [0, 0.1) is 11.3 Å². The minimum absolute atomic E-state index is 0.0245. The monoisotopic (exact) mass is 392 g/mol. The Labute approximate surface area is 157 Å². The Bertz CT molecular complexity index is 898. The number of hydrogen-bond acceptors (Lipinski definition) is 7. The van der Waals surface area contributed by atoms with Gasteiger partial charge in [-0.3, -0.25) is 4.79 Å². The van der Waals surface area contributed by atoms with Crippen molar-refractivity contribution in [2.45, 2.75) is 6.54 Å². The minimum Gasteiger partial charge on any atom is -0.454 e. The average molecular weight is 392 g/mol. The third-order valence-electron chi connectivity index (χ3n) is 4.31. The summed E-state index contributed by atoms with van der Waals surface area (Å²) >= 11 is 0. The van der Waals surface area contributed by atoms with Gasteiger partial charge in [0.15, 0.2) is 11.5 Å². The van der Waals surface area contributed by atoms with E-state index in [4.69, 9.17) is 9.47 Å². The van der Waals surface area contributed by atoms with E-state index in [0.717, 1.165) is 5.56 Å². The van der Waals surface area contributed by atoms with Gasteiger partial charge < -0.3 is 19.7 Å². The SMILES string of the molecule is CS(=O)(=O)N1CCN(/C=C(/C#N)C(=O)NCc2ccc3c(c2)OCO3)CC1. The minimum atomic E-state index is -3.22. The van der Waals surface area contributed by atoms with E-state index in [0.29, 0.717) is 37.7 Å². The third-order valence-corrected chi connectivity index (χ3v) is 5.61. The molecule has 0 aliphatic carbocycles. The summed E-state index contributed by atoms with van der Waals surface area (Å²) in [6, 6.07) is 7.26. The second-order valence-corrected chi connectivity index (χ2v) is 8.21. The van der Waals surface area contributed by atoms with Crippen molar-refractivity contribution in [2.75, 3.05) is 39.2 Å². The Morgan fingerprint density at radius 2 is 1.96 bits per heavy atom. The third kappa shape index (κ3) is 4.69. The molecule has 0 saturated carbocycles. The summed E-state index contributed by atoms with van der Waals surface area (Å²) in [5, 5.41) is 12.0. The van der Waals surface area contributed by atoms with Crippen molar-refractivity contribution in [2.24, 2.45) is 0 Å². The lowest BCUT2D eigenvalue weighted by Gasteiger charge is -2.32. The number of nitrogens with one attached hydrogen (secondary N) is 1. The van der Waals surface area contributed by atoms with Gasteiger partial charge in [0.05, 0.1) is 6.26 Å². The lowest BCUT2D eigenvalue weighted by atomic mass is 10.2. The Morgan fingerprint density at radius 3 is 2.63 bits per heavy atom. The standard InChI is InChI=1S/C17H20N4O5S/c1-27(23,24)21-6-4-20(5-7-21)11-14(9-18)17(22)19-10-13-2-3-15-16(8-13)26-12-25-15/h2-3,8,11H,4-7,10,12H2,1H3,(H,19,22)/b14-11-. The molecular weight excluding hydrogens is 372 g/mol. The fraction of sp³-hybridized carbons (Fsp3) is 0.412. The molecule has 0 atom stereocenters. The van der Waals surface area contributed by atoms with Crippen LogP contribution in [0.1, 0.15) is 5.56 Å². The first-order valence-corrected chi connectivity index (χ1v) is 10.2. The Morgan fingerprint density at radius 1 is 1.26 bits per heavy atom. The van der Waals surface area contributed by atoms with E-state index in [1.807, 2.05) is 12.1 Å². The van der Waals surface area contributed by atoms with E-state index < -0.39 is 15.9 Å². The van der Waals surface area contributed by atoms with Crippen LogP contribution in [-0.4, -0.2) is 62.8 Å². The van der Waals surface area contributed by atoms with Crippen LogP contribution in [0.15, 0.2) is 30.0 Å². The fourth-order valence-electron chi connectivity index (χ4n) is 2.81. The number of piperazine rings is 1. The highest BCUT2D eigenvalue weighted by atomic mass is 32.2. The lowest BCUT2D eigenvalue weighted by molar-refractivity contribution is -0.117. The topological polar surface area (TPSA) is 112 Å². The van der Waals surface area contributed by atoms with Crippen LogP contribution in [-0.2, 0) is 21.4 Å². The normalized spacial score (nSPS) is 17.5. The summed E-state index contributed by atoms with van der Waals surface area (Å²) in [5.41, 5.74) is 0.801. The molecule has 0 bridgehead atoms. The molecule has 10 heteroatoms. The van der Waals surface area contributed by atoms with Gasteiger partial charge in [0.25, 0.3) is 5.91 Å². The maximum Gasteiger partial charge on any atom is 0.263 e. The molecule has 1 amide bonds. The molecular formula is C17H20N4O5S. The fourth-order valence-corrected chi connectivity index (χ4v) is 3.64. The smallest absolute Gasteiger partial charge is 0.263 e. The van der Waals surface area contributed by atoms with Crippen LogP contribution >= 0.6 is 0 Å². The molecule has 27 heavy (non-hydrogen) atoms. The van der Waals surface area contributed by atoms with Crippen LogP contribution in [0.2, 0.25) is 0 Å². The average Bonchev–Trinajstić information content (AvgIpc) is 3.11. The molecule has 9 nitrogen and oxygen atoms in total. The molecule has 2 aliphatic heterocycles. The van der Waals surface area contributed by atoms with Gasteiger partial charge in [-0.25, -0.2) is 8.42 Å². The van der Waals surface area contributed by atoms with Gasteiger partial charge in [-0.1, -0.05) is 6.07 Å². The van der Waals surface area contributed by atoms with Gasteiger partial charge in [-0.15, -0.1) is 0 Å². The van der Waals surface area contributed by atoms with Crippen molar-refractivity contribution >= 4 is 15.9 Å². The van der Waals surface area contributed by atoms with Crippen molar-refractivity contribution in [3.8, 4) is 17.6 Å². The number of nitrogens with zero attached hydrogens (tertiary/aromatic N) is 3. The Hall–Kier alpha value is -2.77. The molecule has 1 fully saturated rings. The molecule has 1 saturated heterocycles. The molecule has 0 spiro atoms. The molecule has 0 aromatic heterocycles. The number of ether oxygens (including phenoxy) is 2. The molecule has 0 radical (unpaired) electrons. The van der Waals surface area contributed by atoms with Crippen molar-refractivity contribution < 1.29 is 22.7 Å². The highest BCUT2D eigenvalue weighted by Gasteiger charge is 2.23. The van der Waals surface area contributed by atoms with Crippen LogP contribution in [0.4, 0.5) is 0 Å². The van der Waals surface area contributed by atoms with Crippen LogP contribution in [0.25, 0.3) is 0 Å². The van der Waals surface area contributed by atoms with E-state index in [9.17, 15) is 18.5 Å². The molecule has 144 valence electrons. The zero-order valence-corrected chi connectivity index (χ0v) is 15.7. The quantitative estimate of drug-likeness (QED) is 0.555. The molecule has 3 rings (SSSR count). The van der Waals surface area contributed by atoms with Gasteiger partial charge in [0.1, 0.15) is 11.6 Å². The Kier molecular flexibility index (Phi) is 5.53. The van der Waals surface area contributed by atoms with Gasteiger partial charge in [-0.05, 0) is 17.7 Å². The summed E-state index contributed by atoms with van der Waals surface area (Å²) in [6.07, 6.45) is 2.65. The Balaban J connectivity index is 1.56. The highest BCUT2D eigenvalue weighted by molar-refractivity contribution is 7.88. The first-order valence-electron chi connectivity index (χ1n) is 8.34. The summed E-state index contributed by atoms with van der Waals surface area (Å²) in [5.74, 6) is 0.804. The van der Waals surface area contributed by atoms with Crippen LogP contribution in [0.5, 0.6) is 11.5 Å². The zero-order valence-electron chi connectivity index (χ0n) is 14.8. The number of fused-ring (bicyclic) bond motifs is 1. The van der Waals surface area contributed by atoms with Crippen LogP contribution < -0.4 is 14.8 Å². The van der Waals surface area contributed by atoms with E-state index in [1.54, 1.807) is 17.0 Å². The number of hydrogen-bond donors (Lipinski definition) is 1. The number of benzene rings is 1. The predicted octanol–water partition coefficient (Wildman–Crippen LogP) is 0.0162. The van der Waals surface area contributed by atoms with E-state index in [1.165, 1.54) is 16.8 Å². The second-order valence-electron chi connectivity index (χ2n) is 6.22. The number of rotatable bonds is 5. The van der Waals surface area contributed by atoms with Gasteiger partial charge in [0.2, 0.25) is 16.8 Å². The van der Waals surface area contributed by atoms with Crippen molar-refractivity contribution in [1.29, 1.82) is 5.26 Å². The largest absolute Gasteiger partial charge is 0.454 e. The number of sulfonamides is 1. The maximum atomic E-state index is 12.3. The number of nitriles is 1. The molecule has 1 aromatic carbocycles. The molecule has 1 N–H and O–H groups in total. The predicted molar refractivity (Wildman–Crippen MR) is 96.1 cm³/mol. The van der Waals surface area contributed by atoms with E-state index in [2.05, 4.69) is 5.32 Å². The van der Waals surface area contributed by atoms with E-state index in [-0.39, 0.29) is 18.9 Å². The highest BCUT2D eigenvalue weighted by Crippen LogP contribution is 2.32. The molecule has 1 aromatic rings. The number of amides is 1. The summed E-state index contributed by atoms with van der Waals surface area (Å²) in [7, 11) is -3.22. The maximum absolute atomic E-state index is 12.3. The van der Waals surface area contributed by atoms with Gasteiger partial charge in [-0.2, -0.15) is 9.57 Å². The molecule has 2 heterocycles.